The number of hydrogen-bond acceptors (Lipinski definition) is 5. The second-order valence-corrected chi connectivity index (χ2v) is 7.30. The Morgan fingerprint density at radius 2 is 2.09 bits per heavy atom. The molecule has 0 bridgehead atoms. The van der Waals surface area contributed by atoms with Crippen molar-refractivity contribution in [2.75, 3.05) is 12.3 Å². The van der Waals surface area contributed by atoms with Crippen LogP contribution in [-0.2, 0) is 11.2 Å². The van der Waals surface area contributed by atoms with Crippen LogP contribution in [0, 0.1) is 11.8 Å². The average molecular weight is 339 g/mol. The minimum absolute atomic E-state index is 0.121. The van der Waals surface area contributed by atoms with Gasteiger partial charge >= 0.3 is 6.03 Å². The van der Waals surface area contributed by atoms with Gasteiger partial charge in [-0.3, -0.25) is 15.2 Å². The van der Waals surface area contributed by atoms with Gasteiger partial charge in [0.15, 0.2) is 0 Å². The molecule has 1 saturated carbocycles. The van der Waals surface area contributed by atoms with Crippen molar-refractivity contribution >= 4 is 23.7 Å². The zero-order valence-electron chi connectivity index (χ0n) is 13.7. The lowest BCUT2D eigenvalue weighted by molar-refractivity contribution is -0.117. The van der Waals surface area contributed by atoms with Gasteiger partial charge in [0, 0.05) is 13.0 Å². The van der Waals surface area contributed by atoms with Crippen molar-refractivity contribution in [1.82, 2.24) is 25.8 Å². The molecule has 0 atom stereocenters. The number of H-pyrrole nitrogens is 1. The monoisotopic (exact) mass is 339 g/mol. The van der Waals surface area contributed by atoms with Crippen LogP contribution >= 0.6 is 11.8 Å². The number of nitrogens with one attached hydrogen (secondary N) is 3. The van der Waals surface area contributed by atoms with Gasteiger partial charge in [-0.1, -0.05) is 51.3 Å². The van der Waals surface area contributed by atoms with E-state index >= 15 is 0 Å². The summed E-state index contributed by atoms with van der Waals surface area (Å²) in [5.74, 6) is 1.70. The van der Waals surface area contributed by atoms with E-state index in [1.54, 1.807) is 0 Å². The molecule has 0 saturated heterocycles. The summed E-state index contributed by atoms with van der Waals surface area (Å²) in [6.07, 6.45) is 6.06. The Morgan fingerprint density at radius 3 is 2.78 bits per heavy atom. The van der Waals surface area contributed by atoms with Crippen LogP contribution < -0.4 is 10.6 Å². The average Bonchev–Trinajstić information content (AvgIpc) is 3.15. The molecule has 128 valence electrons. The molecule has 3 N–H and O–H groups in total. The fourth-order valence-electron chi connectivity index (χ4n) is 2.56. The number of thioether (sulfide) groups is 1. The largest absolute Gasteiger partial charge is 0.338 e. The lowest BCUT2D eigenvalue weighted by Gasteiger charge is -2.07. The number of urea groups is 1. The maximum atomic E-state index is 11.7. The summed E-state index contributed by atoms with van der Waals surface area (Å²) < 4.78 is 0. The number of carbonyl (C=O) groups is 2. The number of imide groups is 1. The van der Waals surface area contributed by atoms with Gasteiger partial charge in [0.05, 0.1) is 5.75 Å². The van der Waals surface area contributed by atoms with Crippen molar-refractivity contribution in [2.45, 2.75) is 51.1 Å². The molecule has 1 aromatic heterocycles. The first-order chi connectivity index (χ1) is 11.0. The number of aromatic nitrogens is 3. The first-order valence-corrected chi connectivity index (χ1v) is 9.13. The number of rotatable bonds is 7. The van der Waals surface area contributed by atoms with Gasteiger partial charge in [0.1, 0.15) is 5.82 Å². The molecule has 3 amide bonds. The molecule has 8 heteroatoms. The number of nitrogens with zero attached hydrogens (tertiary/aromatic N) is 2. The molecule has 1 aliphatic carbocycles. The van der Waals surface area contributed by atoms with Crippen molar-refractivity contribution < 1.29 is 9.59 Å². The van der Waals surface area contributed by atoms with E-state index in [-0.39, 0.29) is 11.7 Å². The molecule has 1 fully saturated rings. The van der Waals surface area contributed by atoms with E-state index in [1.165, 1.54) is 37.4 Å². The third-order valence-electron chi connectivity index (χ3n) is 3.72. The Labute approximate surface area is 140 Å². The van der Waals surface area contributed by atoms with Crippen LogP contribution in [-0.4, -0.2) is 39.4 Å². The maximum absolute atomic E-state index is 11.7. The van der Waals surface area contributed by atoms with Crippen molar-refractivity contribution in [3.8, 4) is 0 Å². The Kier molecular flexibility index (Phi) is 6.88. The molecular formula is C15H25N5O2S. The SMILES string of the molecule is CC(C)CNC(=O)NC(=O)CSc1n[nH]c(CC2CCCC2)n1. The zero-order chi connectivity index (χ0) is 16.7. The quantitative estimate of drug-likeness (QED) is 0.661. The van der Waals surface area contributed by atoms with E-state index in [2.05, 4.69) is 25.8 Å². The summed E-state index contributed by atoms with van der Waals surface area (Å²) in [5, 5.41) is 12.5. The molecule has 0 aromatic carbocycles. The normalized spacial score (nSPS) is 15.1. The van der Waals surface area contributed by atoms with Gasteiger partial charge in [0.2, 0.25) is 11.1 Å². The molecule has 2 rings (SSSR count). The zero-order valence-corrected chi connectivity index (χ0v) is 14.5. The molecule has 0 spiro atoms. The topological polar surface area (TPSA) is 99.8 Å². The highest BCUT2D eigenvalue weighted by Gasteiger charge is 2.17. The first-order valence-electron chi connectivity index (χ1n) is 8.14. The standard InChI is InChI=1S/C15H25N5O2S/c1-10(2)8-16-14(22)18-13(21)9-23-15-17-12(19-20-15)7-11-5-3-4-6-11/h10-11H,3-9H2,1-2H3,(H,17,19,20)(H2,16,18,21,22). The summed E-state index contributed by atoms with van der Waals surface area (Å²) in [6, 6.07) is -0.457. The second kappa shape index (κ2) is 8.90. The minimum atomic E-state index is -0.457. The number of carbonyl (C=O) groups excluding carboxylic acids is 2. The lowest BCUT2D eigenvalue weighted by Crippen LogP contribution is -2.41. The molecule has 1 heterocycles. The van der Waals surface area contributed by atoms with E-state index in [1.807, 2.05) is 13.8 Å². The molecular weight excluding hydrogens is 314 g/mol. The highest BCUT2D eigenvalue weighted by molar-refractivity contribution is 7.99. The number of amides is 3. The molecule has 0 aliphatic heterocycles. The summed E-state index contributed by atoms with van der Waals surface area (Å²) >= 11 is 1.23. The highest BCUT2D eigenvalue weighted by atomic mass is 32.2. The van der Waals surface area contributed by atoms with E-state index in [4.69, 9.17) is 0 Å². The summed E-state index contributed by atoms with van der Waals surface area (Å²) in [6.45, 7) is 4.52. The number of aromatic amines is 1. The lowest BCUT2D eigenvalue weighted by atomic mass is 10.0. The predicted molar refractivity (Wildman–Crippen MR) is 89.1 cm³/mol. The molecule has 1 aliphatic rings. The molecule has 7 nitrogen and oxygen atoms in total. The van der Waals surface area contributed by atoms with Crippen LogP contribution in [0.3, 0.4) is 0 Å². The van der Waals surface area contributed by atoms with Crippen molar-refractivity contribution in [1.29, 1.82) is 0 Å². The Balaban J connectivity index is 1.67. The number of hydrogen-bond donors (Lipinski definition) is 3. The van der Waals surface area contributed by atoms with Crippen LogP contribution in [0.4, 0.5) is 4.79 Å². The van der Waals surface area contributed by atoms with Crippen LogP contribution in [0.1, 0.15) is 45.4 Å². The van der Waals surface area contributed by atoms with Crippen LogP contribution in [0.5, 0.6) is 0 Å². The van der Waals surface area contributed by atoms with Crippen LogP contribution in [0.25, 0.3) is 0 Å². The smallest absolute Gasteiger partial charge is 0.321 e. The first kappa shape index (κ1) is 17.8. The third-order valence-corrected chi connectivity index (χ3v) is 4.57. The van der Waals surface area contributed by atoms with Gasteiger partial charge < -0.3 is 5.32 Å². The molecule has 23 heavy (non-hydrogen) atoms. The van der Waals surface area contributed by atoms with Crippen LogP contribution in [0.2, 0.25) is 0 Å². The summed E-state index contributed by atoms with van der Waals surface area (Å²) in [5.41, 5.74) is 0. The van der Waals surface area contributed by atoms with Crippen molar-refractivity contribution in [3.63, 3.8) is 0 Å². The fourth-order valence-corrected chi connectivity index (χ4v) is 3.17. The summed E-state index contributed by atoms with van der Waals surface area (Å²) in [4.78, 5) is 27.6. The van der Waals surface area contributed by atoms with E-state index in [0.717, 1.165) is 12.2 Å². The molecule has 0 unspecified atom stereocenters. The maximum Gasteiger partial charge on any atom is 0.321 e. The Hall–Kier alpha value is -1.57. The van der Waals surface area contributed by atoms with Gasteiger partial charge in [-0.15, -0.1) is 5.10 Å². The van der Waals surface area contributed by atoms with Gasteiger partial charge in [-0.2, -0.15) is 0 Å². The predicted octanol–water partition coefficient (Wildman–Crippen LogP) is 2.11. The van der Waals surface area contributed by atoms with Crippen LogP contribution in [0.15, 0.2) is 5.16 Å². The molecule has 1 aromatic rings. The third kappa shape index (κ3) is 6.60. The Morgan fingerprint density at radius 1 is 1.35 bits per heavy atom. The summed E-state index contributed by atoms with van der Waals surface area (Å²) in [7, 11) is 0. The van der Waals surface area contributed by atoms with E-state index in [0.29, 0.717) is 23.5 Å². The second-order valence-electron chi connectivity index (χ2n) is 6.36. The minimum Gasteiger partial charge on any atom is -0.338 e. The highest BCUT2D eigenvalue weighted by Crippen LogP contribution is 2.27. The van der Waals surface area contributed by atoms with Crippen molar-refractivity contribution in [3.05, 3.63) is 5.82 Å². The van der Waals surface area contributed by atoms with E-state index < -0.39 is 6.03 Å². The Bertz CT molecular complexity index is 526. The fraction of sp³-hybridized carbons (Fsp3) is 0.733. The molecule has 0 radical (unpaired) electrons. The van der Waals surface area contributed by atoms with Crippen molar-refractivity contribution in [2.24, 2.45) is 11.8 Å². The van der Waals surface area contributed by atoms with E-state index in [9.17, 15) is 9.59 Å². The van der Waals surface area contributed by atoms with Gasteiger partial charge in [-0.05, 0) is 11.8 Å². The van der Waals surface area contributed by atoms with Gasteiger partial charge in [0.25, 0.3) is 0 Å². The van der Waals surface area contributed by atoms with Gasteiger partial charge in [-0.25, -0.2) is 9.78 Å².